The fourth-order valence-corrected chi connectivity index (χ4v) is 4.14. The average Bonchev–Trinajstić information content (AvgIpc) is 2.84. The second-order valence-corrected chi connectivity index (χ2v) is 6.96. The van der Waals surface area contributed by atoms with Crippen LogP contribution in [0.3, 0.4) is 0 Å². The van der Waals surface area contributed by atoms with Crippen LogP contribution in [-0.2, 0) is 10.0 Å². The number of hydrogen-bond acceptors (Lipinski definition) is 3. The molecule has 1 heterocycles. The van der Waals surface area contributed by atoms with Crippen molar-refractivity contribution in [1.29, 1.82) is 0 Å². The number of sulfonamides is 1. The van der Waals surface area contributed by atoms with Crippen molar-refractivity contribution < 1.29 is 8.42 Å². The van der Waals surface area contributed by atoms with Crippen LogP contribution in [-0.4, -0.2) is 33.3 Å². The third-order valence-electron chi connectivity index (χ3n) is 3.65. The van der Waals surface area contributed by atoms with E-state index < -0.39 is 10.0 Å². The van der Waals surface area contributed by atoms with E-state index in [9.17, 15) is 8.42 Å². The number of hydrogen-bond donors (Lipinski definition) is 2. The minimum atomic E-state index is -3.05. The zero-order chi connectivity index (χ0) is 12.1. The third-order valence-corrected chi connectivity index (χ3v) is 5.60. The lowest BCUT2D eigenvalue weighted by Gasteiger charge is -2.16. The van der Waals surface area contributed by atoms with Crippen molar-refractivity contribution in [3.05, 3.63) is 11.6 Å². The van der Waals surface area contributed by atoms with Crippen molar-refractivity contribution in [2.24, 2.45) is 0 Å². The Hall–Kier alpha value is -0.390. The molecule has 0 aromatic rings. The van der Waals surface area contributed by atoms with Gasteiger partial charge in [0.25, 0.3) is 0 Å². The van der Waals surface area contributed by atoms with Crippen molar-refractivity contribution in [1.82, 2.24) is 10.0 Å². The molecule has 5 heteroatoms. The van der Waals surface area contributed by atoms with Gasteiger partial charge in [0, 0.05) is 13.1 Å². The Morgan fingerprint density at radius 3 is 2.76 bits per heavy atom. The first-order valence-electron chi connectivity index (χ1n) is 6.55. The van der Waals surface area contributed by atoms with Crippen LogP contribution in [0.25, 0.3) is 0 Å². The minimum absolute atomic E-state index is 0.135. The largest absolute Gasteiger partial charge is 0.313 e. The van der Waals surface area contributed by atoms with Gasteiger partial charge in [0.2, 0.25) is 10.0 Å². The predicted octanol–water partition coefficient (Wildman–Crippen LogP) is 1.16. The summed E-state index contributed by atoms with van der Waals surface area (Å²) in [6.45, 7) is 2.50. The summed E-state index contributed by atoms with van der Waals surface area (Å²) >= 11 is 0. The highest BCUT2D eigenvalue weighted by atomic mass is 32.2. The summed E-state index contributed by atoms with van der Waals surface area (Å²) in [6, 6.07) is 0. The Morgan fingerprint density at radius 1 is 1.35 bits per heavy atom. The topological polar surface area (TPSA) is 58.2 Å². The van der Waals surface area contributed by atoms with Gasteiger partial charge in [-0.2, -0.15) is 0 Å². The van der Waals surface area contributed by atoms with Crippen LogP contribution < -0.4 is 10.0 Å². The summed E-state index contributed by atoms with van der Waals surface area (Å²) in [7, 11) is -3.05. The summed E-state index contributed by atoms with van der Waals surface area (Å²) < 4.78 is 26.6. The zero-order valence-electron chi connectivity index (χ0n) is 10.2. The van der Waals surface area contributed by atoms with Gasteiger partial charge in [-0.25, -0.2) is 13.1 Å². The summed E-state index contributed by atoms with van der Waals surface area (Å²) in [5.74, 6) is 0. The van der Waals surface area contributed by atoms with Crippen LogP contribution >= 0.6 is 0 Å². The average molecular weight is 258 g/mol. The van der Waals surface area contributed by atoms with Gasteiger partial charge in [-0.15, -0.1) is 0 Å². The minimum Gasteiger partial charge on any atom is -0.313 e. The summed E-state index contributed by atoms with van der Waals surface area (Å²) in [6.07, 6.45) is 7.86. The molecule has 1 saturated carbocycles. The fraction of sp³-hybridized carbons (Fsp3) is 0.833. The van der Waals surface area contributed by atoms with Crippen molar-refractivity contribution in [3.8, 4) is 0 Å². The molecular weight excluding hydrogens is 236 g/mol. The number of rotatable bonds is 5. The van der Waals surface area contributed by atoms with Crippen molar-refractivity contribution in [3.63, 3.8) is 0 Å². The van der Waals surface area contributed by atoms with Gasteiger partial charge in [-0.05, 0) is 32.2 Å². The van der Waals surface area contributed by atoms with Crippen molar-refractivity contribution in [2.75, 3.05) is 19.6 Å². The van der Waals surface area contributed by atoms with E-state index in [0.717, 1.165) is 51.6 Å². The molecule has 2 aliphatic rings. The van der Waals surface area contributed by atoms with Gasteiger partial charge in [-0.1, -0.05) is 24.5 Å². The molecular formula is C12H22N2O2S. The summed E-state index contributed by atoms with van der Waals surface area (Å²) in [5, 5.41) is 3.12. The highest BCUT2D eigenvalue weighted by molar-refractivity contribution is 7.90. The van der Waals surface area contributed by atoms with E-state index in [2.05, 4.69) is 16.1 Å². The molecule has 17 heavy (non-hydrogen) atoms. The van der Waals surface area contributed by atoms with Crippen LogP contribution in [0.15, 0.2) is 11.6 Å². The second-order valence-electron chi connectivity index (χ2n) is 4.91. The molecule has 0 aromatic heterocycles. The van der Waals surface area contributed by atoms with Crippen LogP contribution in [0.4, 0.5) is 0 Å². The fourth-order valence-electron chi connectivity index (χ4n) is 2.57. The first kappa shape index (κ1) is 13.1. The molecule has 0 saturated heterocycles. The van der Waals surface area contributed by atoms with Gasteiger partial charge in [-0.3, -0.25) is 0 Å². The summed E-state index contributed by atoms with van der Waals surface area (Å²) in [4.78, 5) is 0. The Kier molecular flexibility index (Phi) is 4.59. The van der Waals surface area contributed by atoms with Crippen LogP contribution in [0.2, 0.25) is 0 Å². The van der Waals surface area contributed by atoms with Gasteiger partial charge in [0.1, 0.15) is 0 Å². The second kappa shape index (κ2) is 5.98. The van der Waals surface area contributed by atoms with Gasteiger partial charge >= 0.3 is 0 Å². The molecule has 0 radical (unpaired) electrons. The lowest BCUT2D eigenvalue weighted by molar-refractivity contribution is 0.563. The standard InChI is InChI=1S/C12H22N2O2S/c15-17(16,12-3-1-2-4-12)14-10-7-11-5-8-13-9-6-11/h5,12-14H,1-4,6-10H2. The first-order chi connectivity index (χ1) is 8.18. The van der Waals surface area contributed by atoms with E-state index in [1.54, 1.807) is 0 Å². The molecule has 0 spiro atoms. The van der Waals surface area contributed by atoms with E-state index >= 15 is 0 Å². The Labute approximate surface area is 104 Å². The highest BCUT2D eigenvalue weighted by Crippen LogP contribution is 2.23. The number of nitrogens with one attached hydrogen (secondary N) is 2. The quantitative estimate of drug-likeness (QED) is 0.728. The van der Waals surface area contributed by atoms with E-state index in [-0.39, 0.29) is 5.25 Å². The van der Waals surface area contributed by atoms with E-state index in [4.69, 9.17) is 0 Å². The van der Waals surface area contributed by atoms with Crippen molar-refractivity contribution >= 4 is 10.0 Å². The summed E-state index contributed by atoms with van der Waals surface area (Å²) in [5.41, 5.74) is 1.37. The van der Waals surface area contributed by atoms with Crippen LogP contribution in [0.1, 0.15) is 38.5 Å². The van der Waals surface area contributed by atoms with E-state index in [0.29, 0.717) is 6.54 Å². The molecule has 1 aliphatic carbocycles. The molecule has 0 atom stereocenters. The predicted molar refractivity (Wildman–Crippen MR) is 69.4 cm³/mol. The van der Waals surface area contributed by atoms with Gasteiger partial charge in [0.05, 0.1) is 5.25 Å². The van der Waals surface area contributed by atoms with E-state index in [1.807, 2.05) is 0 Å². The molecule has 1 aliphatic heterocycles. The molecule has 0 bridgehead atoms. The normalized spacial score (nSPS) is 22.7. The molecule has 4 nitrogen and oxygen atoms in total. The lowest BCUT2D eigenvalue weighted by Crippen LogP contribution is -2.33. The van der Waals surface area contributed by atoms with Crippen LogP contribution in [0.5, 0.6) is 0 Å². The van der Waals surface area contributed by atoms with Crippen molar-refractivity contribution in [2.45, 2.75) is 43.8 Å². The Morgan fingerprint density at radius 2 is 2.12 bits per heavy atom. The highest BCUT2D eigenvalue weighted by Gasteiger charge is 2.27. The maximum Gasteiger partial charge on any atom is 0.214 e. The molecule has 0 aromatic carbocycles. The molecule has 2 N–H and O–H groups in total. The molecule has 0 unspecified atom stereocenters. The third kappa shape index (κ3) is 3.79. The lowest BCUT2D eigenvalue weighted by atomic mass is 10.1. The maximum absolute atomic E-state index is 11.9. The maximum atomic E-state index is 11.9. The molecule has 0 amide bonds. The Balaban J connectivity index is 1.75. The molecule has 98 valence electrons. The van der Waals surface area contributed by atoms with Gasteiger partial charge in [0.15, 0.2) is 0 Å². The van der Waals surface area contributed by atoms with Crippen LogP contribution in [0, 0.1) is 0 Å². The first-order valence-corrected chi connectivity index (χ1v) is 8.10. The SMILES string of the molecule is O=S(=O)(NCCC1=CCNCC1)C1CCCC1. The molecule has 1 fully saturated rings. The monoisotopic (exact) mass is 258 g/mol. The van der Waals surface area contributed by atoms with E-state index in [1.165, 1.54) is 5.57 Å². The smallest absolute Gasteiger partial charge is 0.214 e. The van der Waals surface area contributed by atoms with Gasteiger partial charge < -0.3 is 5.32 Å². The zero-order valence-corrected chi connectivity index (χ0v) is 11.1. The molecule has 2 rings (SSSR count). The Bertz CT molecular complexity index is 370.